The molecule has 0 saturated heterocycles. The summed E-state index contributed by atoms with van der Waals surface area (Å²) in [6, 6.07) is 0. The van der Waals surface area contributed by atoms with E-state index < -0.39 is 5.97 Å². The summed E-state index contributed by atoms with van der Waals surface area (Å²) in [5.74, 6) is -0.625. The van der Waals surface area contributed by atoms with Crippen LogP contribution < -0.4 is 0 Å². The van der Waals surface area contributed by atoms with Crippen molar-refractivity contribution in [1.82, 2.24) is 0 Å². The molecule has 2 heteroatoms. The van der Waals surface area contributed by atoms with E-state index in [9.17, 15) is 4.79 Å². The molecule has 0 saturated carbocycles. The van der Waals surface area contributed by atoms with E-state index in [2.05, 4.69) is 20.4 Å². The van der Waals surface area contributed by atoms with Crippen LogP contribution in [0.1, 0.15) is 110 Å². The second-order valence-electron chi connectivity index (χ2n) is 6.99. The molecule has 1 atom stereocenters. The zero-order valence-corrected chi connectivity index (χ0v) is 15.7. The van der Waals surface area contributed by atoms with E-state index in [1.807, 2.05) is 0 Å². The molecular weight excluding hydrogens is 284 g/mol. The average molecular weight is 325 g/mol. The molecule has 0 heterocycles. The number of hydrogen-bond acceptors (Lipinski definition) is 1. The maximum atomic E-state index is 11.1. The maximum absolute atomic E-state index is 11.1. The van der Waals surface area contributed by atoms with Gasteiger partial charge in [-0.1, -0.05) is 104 Å². The summed E-state index contributed by atoms with van der Waals surface area (Å²) >= 11 is 0. The lowest BCUT2D eigenvalue weighted by Crippen LogP contribution is -2.12. The Bertz CT molecular complexity index is 296. The molecule has 0 radical (unpaired) electrons. The molecule has 0 aliphatic rings. The summed E-state index contributed by atoms with van der Waals surface area (Å²) in [6.07, 6.45) is 18.9. The van der Waals surface area contributed by atoms with Gasteiger partial charge in [0.25, 0.3) is 0 Å². The SMILES string of the molecule is C=C(C(=O)O)C(CCCC)CCCCCCCCCCCCC. The van der Waals surface area contributed by atoms with Crippen LogP contribution in [0.5, 0.6) is 0 Å². The molecule has 0 amide bonds. The molecule has 0 aliphatic carbocycles. The highest BCUT2D eigenvalue weighted by Crippen LogP contribution is 2.24. The predicted octanol–water partition coefficient (Wildman–Crippen LogP) is 7.13. The number of carbonyl (C=O) groups is 1. The third kappa shape index (κ3) is 13.4. The fourth-order valence-corrected chi connectivity index (χ4v) is 3.17. The van der Waals surface area contributed by atoms with Crippen LogP contribution in [0, 0.1) is 5.92 Å². The third-order valence-electron chi connectivity index (χ3n) is 4.83. The van der Waals surface area contributed by atoms with Gasteiger partial charge in [-0.15, -0.1) is 0 Å². The van der Waals surface area contributed by atoms with Crippen molar-refractivity contribution in [2.45, 2.75) is 110 Å². The summed E-state index contributed by atoms with van der Waals surface area (Å²) in [5, 5.41) is 9.13. The number of carboxylic acid groups (broad SMARTS) is 1. The van der Waals surface area contributed by atoms with Crippen molar-refractivity contribution >= 4 is 5.97 Å². The standard InChI is InChI=1S/C21H40O2/c1-4-6-8-9-10-11-12-13-14-15-16-18-20(17-7-5-2)19(3)21(22)23/h20H,3-18H2,1-2H3,(H,22,23). The van der Waals surface area contributed by atoms with Gasteiger partial charge in [0.05, 0.1) is 0 Å². The van der Waals surface area contributed by atoms with Gasteiger partial charge in [-0.25, -0.2) is 4.79 Å². The Morgan fingerprint density at radius 3 is 1.57 bits per heavy atom. The minimum absolute atomic E-state index is 0.186. The van der Waals surface area contributed by atoms with Gasteiger partial charge in [0, 0.05) is 5.57 Å². The van der Waals surface area contributed by atoms with Crippen LogP contribution in [0.15, 0.2) is 12.2 Å². The van der Waals surface area contributed by atoms with Crippen molar-refractivity contribution in [3.05, 3.63) is 12.2 Å². The summed E-state index contributed by atoms with van der Waals surface area (Å²) in [6.45, 7) is 8.20. The Hall–Kier alpha value is -0.790. The average Bonchev–Trinajstić information content (AvgIpc) is 2.54. The Balaban J connectivity index is 3.58. The maximum Gasteiger partial charge on any atom is 0.331 e. The Labute approximate surface area is 144 Å². The quantitative estimate of drug-likeness (QED) is 0.228. The highest BCUT2D eigenvalue weighted by Gasteiger charge is 2.17. The lowest BCUT2D eigenvalue weighted by atomic mass is 9.89. The largest absolute Gasteiger partial charge is 0.478 e. The van der Waals surface area contributed by atoms with Crippen molar-refractivity contribution in [2.75, 3.05) is 0 Å². The van der Waals surface area contributed by atoms with Gasteiger partial charge in [0.2, 0.25) is 0 Å². The highest BCUT2D eigenvalue weighted by molar-refractivity contribution is 5.86. The second kappa shape index (κ2) is 16.1. The van der Waals surface area contributed by atoms with Gasteiger partial charge in [-0.2, -0.15) is 0 Å². The van der Waals surface area contributed by atoms with E-state index in [1.165, 1.54) is 64.2 Å². The first-order valence-corrected chi connectivity index (χ1v) is 10.1. The minimum Gasteiger partial charge on any atom is -0.478 e. The van der Waals surface area contributed by atoms with Crippen LogP contribution in [0.3, 0.4) is 0 Å². The summed E-state index contributed by atoms with van der Waals surface area (Å²) in [5.41, 5.74) is 0.422. The van der Waals surface area contributed by atoms with Crippen molar-refractivity contribution in [3.8, 4) is 0 Å². The number of unbranched alkanes of at least 4 members (excludes halogenated alkanes) is 11. The van der Waals surface area contributed by atoms with Crippen LogP contribution in [0.25, 0.3) is 0 Å². The molecular formula is C21H40O2. The molecule has 136 valence electrons. The Kier molecular flexibility index (Phi) is 15.5. The molecule has 2 nitrogen and oxygen atoms in total. The number of carboxylic acids is 1. The molecule has 0 fully saturated rings. The lowest BCUT2D eigenvalue weighted by Gasteiger charge is -2.16. The van der Waals surface area contributed by atoms with Crippen LogP contribution >= 0.6 is 0 Å². The van der Waals surface area contributed by atoms with Gasteiger partial charge < -0.3 is 5.11 Å². The van der Waals surface area contributed by atoms with E-state index in [0.29, 0.717) is 5.57 Å². The third-order valence-corrected chi connectivity index (χ3v) is 4.83. The van der Waals surface area contributed by atoms with Gasteiger partial charge in [0.15, 0.2) is 0 Å². The first-order valence-electron chi connectivity index (χ1n) is 10.1. The van der Waals surface area contributed by atoms with Crippen molar-refractivity contribution in [3.63, 3.8) is 0 Å². The molecule has 0 aromatic heterocycles. The van der Waals surface area contributed by atoms with Crippen molar-refractivity contribution in [2.24, 2.45) is 5.92 Å². The second-order valence-corrected chi connectivity index (χ2v) is 6.99. The first kappa shape index (κ1) is 22.2. The monoisotopic (exact) mass is 324 g/mol. The van der Waals surface area contributed by atoms with E-state index in [0.717, 1.165) is 32.1 Å². The van der Waals surface area contributed by atoms with E-state index in [-0.39, 0.29) is 5.92 Å². The number of rotatable bonds is 17. The lowest BCUT2D eigenvalue weighted by molar-refractivity contribution is -0.133. The van der Waals surface area contributed by atoms with Gasteiger partial charge in [-0.3, -0.25) is 0 Å². The van der Waals surface area contributed by atoms with Crippen LogP contribution in [-0.2, 0) is 4.79 Å². The fraction of sp³-hybridized carbons (Fsp3) is 0.857. The topological polar surface area (TPSA) is 37.3 Å². The van der Waals surface area contributed by atoms with Crippen molar-refractivity contribution in [1.29, 1.82) is 0 Å². The van der Waals surface area contributed by atoms with E-state index >= 15 is 0 Å². The van der Waals surface area contributed by atoms with E-state index in [4.69, 9.17) is 5.11 Å². The van der Waals surface area contributed by atoms with Crippen LogP contribution in [0.2, 0.25) is 0 Å². The summed E-state index contributed by atoms with van der Waals surface area (Å²) in [7, 11) is 0. The molecule has 0 aromatic carbocycles. The Morgan fingerprint density at radius 2 is 1.13 bits per heavy atom. The van der Waals surface area contributed by atoms with Gasteiger partial charge >= 0.3 is 5.97 Å². The number of hydrogen-bond donors (Lipinski definition) is 1. The molecule has 0 rings (SSSR count). The molecule has 1 N–H and O–H groups in total. The summed E-state index contributed by atoms with van der Waals surface area (Å²) in [4.78, 5) is 11.1. The fourth-order valence-electron chi connectivity index (χ4n) is 3.17. The smallest absolute Gasteiger partial charge is 0.331 e. The highest BCUT2D eigenvalue weighted by atomic mass is 16.4. The summed E-state index contributed by atoms with van der Waals surface area (Å²) < 4.78 is 0. The molecule has 1 unspecified atom stereocenters. The van der Waals surface area contributed by atoms with Crippen LogP contribution in [-0.4, -0.2) is 11.1 Å². The molecule has 0 aliphatic heterocycles. The molecule has 23 heavy (non-hydrogen) atoms. The minimum atomic E-state index is -0.811. The number of aliphatic carboxylic acids is 1. The molecule has 0 aromatic rings. The molecule has 0 spiro atoms. The van der Waals surface area contributed by atoms with Gasteiger partial charge in [0.1, 0.15) is 0 Å². The zero-order chi connectivity index (χ0) is 17.3. The molecule has 0 bridgehead atoms. The normalized spacial score (nSPS) is 12.3. The first-order chi connectivity index (χ1) is 11.1. The van der Waals surface area contributed by atoms with E-state index in [1.54, 1.807) is 0 Å². The Morgan fingerprint density at radius 1 is 0.739 bits per heavy atom. The van der Waals surface area contributed by atoms with Gasteiger partial charge in [-0.05, 0) is 18.8 Å². The predicted molar refractivity (Wildman–Crippen MR) is 101 cm³/mol. The van der Waals surface area contributed by atoms with Crippen LogP contribution in [0.4, 0.5) is 0 Å². The van der Waals surface area contributed by atoms with Crippen molar-refractivity contribution < 1.29 is 9.90 Å². The zero-order valence-electron chi connectivity index (χ0n) is 15.7.